The molecule has 1 aromatic rings. The molecule has 0 spiro atoms. The van der Waals surface area contributed by atoms with E-state index in [1.54, 1.807) is 0 Å². The highest BCUT2D eigenvalue weighted by Gasteiger charge is 2.14. The van der Waals surface area contributed by atoms with Crippen molar-refractivity contribution in [3.8, 4) is 0 Å². The molecular weight excluding hydrogens is 242 g/mol. The third kappa shape index (κ3) is 3.00. The zero-order valence-electron chi connectivity index (χ0n) is 11.1. The van der Waals surface area contributed by atoms with Gasteiger partial charge >= 0.3 is 0 Å². The van der Waals surface area contributed by atoms with Crippen LogP contribution >= 0.6 is 12.2 Å². The molecule has 1 aromatic carbocycles. The lowest BCUT2D eigenvalue weighted by Gasteiger charge is -2.25. The molecule has 3 nitrogen and oxygen atoms in total. The fraction of sp³-hybridized carbons (Fsp3) is 0.500. The molecule has 1 heterocycles. The first-order valence-electron chi connectivity index (χ1n) is 6.42. The number of nitrogens with two attached hydrogens (primary N) is 1. The van der Waals surface area contributed by atoms with Gasteiger partial charge in [0.1, 0.15) is 4.99 Å². The molecule has 1 fully saturated rings. The van der Waals surface area contributed by atoms with Gasteiger partial charge in [0.25, 0.3) is 0 Å². The number of hydrogen-bond donors (Lipinski definition) is 1. The second kappa shape index (κ2) is 5.67. The van der Waals surface area contributed by atoms with Gasteiger partial charge in [-0.1, -0.05) is 12.2 Å². The Kier molecular flexibility index (Phi) is 4.19. The number of anilines is 1. The van der Waals surface area contributed by atoms with Crippen LogP contribution in [0.4, 0.5) is 5.69 Å². The zero-order valence-corrected chi connectivity index (χ0v) is 12.0. The standard InChI is InChI=1S/C14H21N3S/c1-11-10-12(14(15)18)4-5-13(11)17-7-3-6-16(2)8-9-17/h4-5,10H,3,6-9H2,1-2H3,(H2,15,18). The van der Waals surface area contributed by atoms with Crippen molar-refractivity contribution in [3.05, 3.63) is 29.3 Å². The van der Waals surface area contributed by atoms with E-state index in [1.165, 1.54) is 24.2 Å². The van der Waals surface area contributed by atoms with E-state index in [0.717, 1.165) is 25.2 Å². The van der Waals surface area contributed by atoms with E-state index in [9.17, 15) is 0 Å². The molecule has 0 radical (unpaired) electrons. The molecule has 4 heteroatoms. The fourth-order valence-electron chi connectivity index (χ4n) is 2.45. The van der Waals surface area contributed by atoms with Gasteiger partial charge in [-0.15, -0.1) is 0 Å². The number of rotatable bonds is 2. The van der Waals surface area contributed by atoms with Crippen LogP contribution in [0.15, 0.2) is 18.2 Å². The fourth-order valence-corrected chi connectivity index (χ4v) is 2.58. The average Bonchev–Trinajstić information content (AvgIpc) is 2.54. The molecule has 0 aliphatic carbocycles. The van der Waals surface area contributed by atoms with Crippen molar-refractivity contribution in [2.75, 3.05) is 38.1 Å². The van der Waals surface area contributed by atoms with Crippen molar-refractivity contribution in [3.63, 3.8) is 0 Å². The molecule has 1 aliphatic rings. The molecule has 18 heavy (non-hydrogen) atoms. The second-order valence-corrected chi connectivity index (χ2v) is 5.45. The van der Waals surface area contributed by atoms with Crippen LogP contribution in [0.3, 0.4) is 0 Å². The Morgan fingerprint density at radius 3 is 2.67 bits per heavy atom. The molecule has 0 amide bonds. The summed E-state index contributed by atoms with van der Waals surface area (Å²) in [6.07, 6.45) is 1.22. The highest BCUT2D eigenvalue weighted by Crippen LogP contribution is 2.22. The average molecular weight is 263 g/mol. The number of aryl methyl sites for hydroxylation is 1. The summed E-state index contributed by atoms with van der Waals surface area (Å²) >= 11 is 5.02. The van der Waals surface area contributed by atoms with Gasteiger partial charge in [0.2, 0.25) is 0 Å². The summed E-state index contributed by atoms with van der Waals surface area (Å²) in [6.45, 7) is 6.64. The molecule has 2 rings (SSSR count). The Morgan fingerprint density at radius 2 is 2.00 bits per heavy atom. The molecule has 1 saturated heterocycles. The number of hydrogen-bond acceptors (Lipinski definition) is 3. The smallest absolute Gasteiger partial charge is 0.103 e. The van der Waals surface area contributed by atoms with Gasteiger partial charge in [-0.2, -0.15) is 0 Å². The van der Waals surface area contributed by atoms with E-state index in [0.29, 0.717) is 4.99 Å². The van der Waals surface area contributed by atoms with Crippen LogP contribution in [0.2, 0.25) is 0 Å². The highest BCUT2D eigenvalue weighted by atomic mass is 32.1. The molecule has 98 valence electrons. The minimum absolute atomic E-state index is 0.472. The van der Waals surface area contributed by atoms with Crippen molar-refractivity contribution in [2.45, 2.75) is 13.3 Å². The topological polar surface area (TPSA) is 32.5 Å². The zero-order chi connectivity index (χ0) is 13.1. The Hall–Kier alpha value is -1.13. The Bertz CT molecular complexity index is 445. The van der Waals surface area contributed by atoms with Gasteiger partial charge in [-0.3, -0.25) is 0 Å². The summed E-state index contributed by atoms with van der Waals surface area (Å²) < 4.78 is 0. The van der Waals surface area contributed by atoms with E-state index < -0.39 is 0 Å². The predicted octanol–water partition coefficient (Wildman–Crippen LogP) is 1.77. The summed E-state index contributed by atoms with van der Waals surface area (Å²) in [4.78, 5) is 5.32. The third-order valence-corrected chi connectivity index (χ3v) is 3.78. The quantitative estimate of drug-likeness (QED) is 0.824. The Morgan fingerprint density at radius 1 is 1.22 bits per heavy atom. The first-order chi connectivity index (χ1) is 8.58. The molecule has 0 bridgehead atoms. The maximum Gasteiger partial charge on any atom is 0.103 e. The van der Waals surface area contributed by atoms with Crippen LogP contribution in [0.5, 0.6) is 0 Å². The summed E-state index contributed by atoms with van der Waals surface area (Å²) in [5.41, 5.74) is 9.19. The van der Waals surface area contributed by atoms with Crippen molar-refractivity contribution in [1.29, 1.82) is 0 Å². The lowest BCUT2D eigenvalue weighted by molar-refractivity contribution is 0.360. The van der Waals surface area contributed by atoms with Gasteiger partial charge in [0.05, 0.1) is 0 Å². The number of likely N-dealkylation sites (N-methyl/N-ethyl adjacent to an activating group) is 1. The van der Waals surface area contributed by atoms with Crippen molar-refractivity contribution >= 4 is 22.9 Å². The van der Waals surface area contributed by atoms with Crippen molar-refractivity contribution in [1.82, 2.24) is 4.90 Å². The molecular formula is C14H21N3S. The monoisotopic (exact) mass is 263 g/mol. The Labute approximate surface area is 115 Å². The maximum absolute atomic E-state index is 5.67. The van der Waals surface area contributed by atoms with E-state index in [2.05, 4.69) is 35.9 Å². The molecule has 0 saturated carbocycles. The summed E-state index contributed by atoms with van der Waals surface area (Å²) in [6, 6.07) is 6.26. The van der Waals surface area contributed by atoms with Crippen LogP contribution in [0.1, 0.15) is 17.5 Å². The van der Waals surface area contributed by atoms with E-state index in [-0.39, 0.29) is 0 Å². The van der Waals surface area contributed by atoms with E-state index >= 15 is 0 Å². The number of thiocarbonyl (C=S) groups is 1. The Balaban J connectivity index is 2.20. The first-order valence-corrected chi connectivity index (χ1v) is 6.82. The molecule has 0 aromatic heterocycles. The van der Waals surface area contributed by atoms with Crippen LogP contribution < -0.4 is 10.6 Å². The normalized spacial score (nSPS) is 17.6. The van der Waals surface area contributed by atoms with Crippen LogP contribution in [-0.2, 0) is 0 Å². The number of nitrogens with zero attached hydrogens (tertiary/aromatic N) is 2. The summed E-state index contributed by atoms with van der Waals surface area (Å²) in [7, 11) is 2.19. The molecule has 1 aliphatic heterocycles. The SMILES string of the molecule is Cc1cc(C(N)=S)ccc1N1CCCN(C)CC1. The van der Waals surface area contributed by atoms with Gasteiger partial charge < -0.3 is 15.5 Å². The number of benzene rings is 1. The molecule has 0 unspecified atom stereocenters. The van der Waals surface area contributed by atoms with Crippen LogP contribution in [0.25, 0.3) is 0 Å². The van der Waals surface area contributed by atoms with Crippen LogP contribution in [0, 0.1) is 6.92 Å². The van der Waals surface area contributed by atoms with Crippen molar-refractivity contribution in [2.24, 2.45) is 5.73 Å². The third-order valence-electron chi connectivity index (χ3n) is 3.54. The van der Waals surface area contributed by atoms with E-state index in [1.807, 2.05) is 6.07 Å². The largest absolute Gasteiger partial charge is 0.389 e. The molecule has 0 atom stereocenters. The van der Waals surface area contributed by atoms with E-state index in [4.69, 9.17) is 18.0 Å². The lowest BCUT2D eigenvalue weighted by Crippen LogP contribution is -2.29. The minimum Gasteiger partial charge on any atom is -0.389 e. The predicted molar refractivity (Wildman–Crippen MR) is 81.4 cm³/mol. The van der Waals surface area contributed by atoms with Gasteiger partial charge in [0, 0.05) is 30.9 Å². The lowest BCUT2D eigenvalue weighted by atomic mass is 10.1. The van der Waals surface area contributed by atoms with Crippen LogP contribution in [-0.4, -0.2) is 43.1 Å². The van der Waals surface area contributed by atoms with Crippen molar-refractivity contribution < 1.29 is 0 Å². The van der Waals surface area contributed by atoms with Gasteiger partial charge in [-0.05, 0) is 50.7 Å². The molecule has 2 N–H and O–H groups in total. The van der Waals surface area contributed by atoms with Gasteiger partial charge in [0.15, 0.2) is 0 Å². The van der Waals surface area contributed by atoms with Gasteiger partial charge in [-0.25, -0.2) is 0 Å². The minimum atomic E-state index is 0.472. The first kappa shape index (κ1) is 13.3. The second-order valence-electron chi connectivity index (χ2n) is 5.01. The summed E-state index contributed by atoms with van der Waals surface area (Å²) in [5, 5.41) is 0. The highest BCUT2D eigenvalue weighted by molar-refractivity contribution is 7.80. The summed E-state index contributed by atoms with van der Waals surface area (Å²) in [5.74, 6) is 0. The maximum atomic E-state index is 5.67.